The Balaban J connectivity index is 2.02. The maximum Gasteiger partial charge on any atom is 0.309 e. The van der Waals surface area contributed by atoms with Gasteiger partial charge in [-0.3, -0.25) is 4.79 Å². The van der Waals surface area contributed by atoms with E-state index in [1.165, 1.54) is 7.11 Å². The van der Waals surface area contributed by atoms with Gasteiger partial charge in [-0.25, -0.2) is 0 Å². The molecule has 0 aromatic heterocycles. The van der Waals surface area contributed by atoms with Crippen LogP contribution in [0.15, 0.2) is 18.2 Å². The minimum Gasteiger partial charge on any atom is -0.504 e. The quantitative estimate of drug-likeness (QED) is 0.619. The molecule has 2 atom stereocenters. The lowest BCUT2D eigenvalue weighted by molar-refractivity contribution is -0.141. The molecule has 0 spiro atoms. The van der Waals surface area contributed by atoms with Gasteiger partial charge in [0, 0.05) is 11.5 Å². The van der Waals surface area contributed by atoms with Crippen LogP contribution in [0.25, 0.3) is 11.1 Å². The van der Waals surface area contributed by atoms with Crippen LogP contribution in [0.3, 0.4) is 0 Å². The van der Waals surface area contributed by atoms with Crippen molar-refractivity contribution in [1.29, 1.82) is 0 Å². The van der Waals surface area contributed by atoms with Crippen molar-refractivity contribution in [1.82, 2.24) is 0 Å². The number of aromatic hydroxyl groups is 2. The average Bonchev–Trinajstić information content (AvgIpc) is 3.03. The monoisotopic (exact) mass is 386 g/mol. The number of esters is 1. The fourth-order valence-corrected chi connectivity index (χ4v) is 4.18. The second-order valence-corrected chi connectivity index (χ2v) is 7.07. The van der Waals surface area contributed by atoms with Gasteiger partial charge in [0.2, 0.25) is 5.75 Å². The first kappa shape index (κ1) is 18.3. The Kier molecular flexibility index (Phi) is 4.45. The van der Waals surface area contributed by atoms with Crippen molar-refractivity contribution in [2.24, 2.45) is 11.8 Å². The molecule has 2 aromatic carbocycles. The van der Waals surface area contributed by atoms with E-state index in [2.05, 4.69) is 0 Å². The minimum atomic E-state index is -0.390. The Hall–Kier alpha value is -3.09. The topological polar surface area (TPSA) is 94.5 Å². The van der Waals surface area contributed by atoms with Crippen molar-refractivity contribution < 1.29 is 34.0 Å². The molecule has 1 fully saturated rings. The molecule has 1 saturated heterocycles. The van der Waals surface area contributed by atoms with E-state index in [-0.39, 0.29) is 35.6 Å². The maximum absolute atomic E-state index is 12.3. The normalized spacial score (nSPS) is 20.2. The number of ether oxygens (including phenoxy) is 4. The summed E-state index contributed by atoms with van der Waals surface area (Å²) in [4.78, 5) is 12.3. The lowest BCUT2D eigenvalue weighted by Gasteiger charge is -2.26. The van der Waals surface area contributed by atoms with Crippen molar-refractivity contribution in [2.45, 2.75) is 12.8 Å². The first-order valence-electron chi connectivity index (χ1n) is 9.02. The lowest BCUT2D eigenvalue weighted by atomic mass is 9.77. The van der Waals surface area contributed by atoms with Gasteiger partial charge >= 0.3 is 5.97 Å². The van der Waals surface area contributed by atoms with E-state index < -0.39 is 5.92 Å². The fraction of sp³-hybridized carbons (Fsp3) is 0.381. The lowest BCUT2D eigenvalue weighted by Crippen LogP contribution is -2.23. The van der Waals surface area contributed by atoms with E-state index in [4.69, 9.17) is 18.9 Å². The van der Waals surface area contributed by atoms with Crippen molar-refractivity contribution in [2.75, 3.05) is 27.9 Å². The molecule has 0 radical (unpaired) electrons. The third-order valence-corrected chi connectivity index (χ3v) is 5.68. The van der Waals surface area contributed by atoms with Gasteiger partial charge in [-0.2, -0.15) is 0 Å². The summed E-state index contributed by atoms with van der Waals surface area (Å²) in [5.74, 6) is -0.0329. The molecule has 4 rings (SSSR count). The molecule has 0 bridgehead atoms. The molecule has 0 unspecified atom stereocenters. The number of cyclic esters (lactones) is 1. The van der Waals surface area contributed by atoms with E-state index in [0.29, 0.717) is 35.7 Å². The third kappa shape index (κ3) is 2.69. The molecule has 2 N–H and O–H groups in total. The number of phenolic OH excluding ortho intramolecular Hbond substituents is 2. The highest BCUT2D eigenvalue weighted by atomic mass is 16.5. The Labute approximate surface area is 162 Å². The van der Waals surface area contributed by atoms with Gasteiger partial charge < -0.3 is 29.2 Å². The van der Waals surface area contributed by atoms with Crippen LogP contribution in [-0.4, -0.2) is 44.1 Å². The Bertz CT molecular complexity index is 951. The van der Waals surface area contributed by atoms with Crippen LogP contribution in [0.2, 0.25) is 0 Å². The zero-order chi connectivity index (χ0) is 20.0. The molecule has 1 aliphatic heterocycles. The van der Waals surface area contributed by atoms with Gasteiger partial charge in [0.05, 0.1) is 33.9 Å². The zero-order valence-corrected chi connectivity index (χ0v) is 15.9. The van der Waals surface area contributed by atoms with Gasteiger partial charge in [0.15, 0.2) is 23.0 Å². The Morgan fingerprint density at radius 2 is 1.54 bits per heavy atom. The van der Waals surface area contributed by atoms with Crippen molar-refractivity contribution >= 4 is 5.97 Å². The summed E-state index contributed by atoms with van der Waals surface area (Å²) in [6, 6.07) is 5.41. The van der Waals surface area contributed by atoms with Crippen molar-refractivity contribution in [3.8, 4) is 39.9 Å². The molecule has 28 heavy (non-hydrogen) atoms. The SMILES string of the molecule is COc1cc2c(cc1OC)-c1cc(OC)c(O)c(O)c1C[C@@H]1C(=O)OC[C@@H]1C2. The van der Waals surface area contributed by atoms with Crippen LogP contribution in [-0.2, 0) is 22.4 Å². The molecule has 1 aliphatic carbocycles. The fourth-order valence-electron chi connectivity index (χ4n) is 4.18. The number of hydrogen-bond acceptors (Lipinski definition) is 7. The number of fused-ring (bicyclic) bond motifs is 4. The van der Waals surface area contributed by atoms with E-state index in [9.17, 15) is 15.0 Å². The number of methoxy groups -OCH3 is 3. The molecule has 2 aromatic rings. The highest BCUT2D eigenvalue weighted by Crippen LogP contribution is 2.50. The predicted molar refractivity (Wildman–Crippen MR) is 100 cm³/mol. The molecule has 1 heterocycles. The number of benzene rings is 2. The van der Waals surface area contributed by atoms with Crippen LogP contribution in [0.4, 0.5) is 0 Å². The molecule has 0 saturated carbocycles. The minimum absolute atomic E-state index is 0.0267. The summed E-state index contributed by atoms with van der Waals surface area (Å²) in [6.45, 7) is 0.329. The second-order valence-electron chi connectivity index (χ2n) is 7.07. The smallest absolute Gasteiger partial charge is 0.309 e. The first-order chi connectivity index (χ1) is 13.5. The van der Waals surface area contributed by atoms with Crippen LogP contribution in [0, 0.1) is 11.8 Å². The summed E-state index contributed by atoms with van der Waals surface area (Å²) >= 11 is 0. The number of hydrogen-bond donors (Lipinski definition) is 2. The van der Waals surface area contributed by atoms with Crippen LogP contribution >= 0.6 is 0 Å². The summed E-state index contributed by atoms with van der Waals surface area (Å²) in [5, 5.41) is 21.0. The van der Waals surface area contributed by atoms with Crippen molar-refractivity contribution in [3.63, 3.8) is 0 Å². The number of carbonyl (C=O) groups excluding carboxylic acids is 1. The summed E-state index contributed by atoms with van der Waals surface area (Å²) in [6.07, 6.45) is 0.894. The molecule has 7 nitrogen and oxygen atoms in total. The molecule has 148 valence electrons. The zero-order valence-electron chi connectivity index (χ0n) is 15.9. The van der Waals surface area contributed by atoms with Crippen molar-refractivity contribution in [3.05, 3.63) is 29.3 Å². The standard InChI is InChI=1S/C21H22O7/c1-25-16-5-10-4-11-9-28-21(24)13(11)6-15-14(12(10)7-17(16)26-2)8-18(27-3)20(23)19(15)22/h5,7-8,11,13,22-23H,4,6,9H2,1-3H3/t11-,13-/m0/s1. The summed E-state index contributed by atoms with van der Waals surface area (Å²) < 4.78 is 21.4. The average molecular weight is 386 g/mol. The largest absolute Gasteiger partial charge is 0.504 e. The van der Waals surface area contributed by atoms with E-state index in [1.54, 1.807) is 20.3 Å². The van der Waals surface area contributed by atoms with Crippen LogP contribution < -0.4 is 14.2 Å². The molecule has 7 heteroatoms. The van der Waals surface area contributed by atoms with E-state index >= 15 is 0 Å². The van der Waals surface area contributed by atoms with Gasteiger partial charge in [0.25, 0.3) is 0 Å². The Morgan fingerprint density at radius 1 is 0.893 bits per heavy atom. The van der Waals surface area contributed by atoms with Crippen LogP contribution in [0.5, 0.6) is 28.7 Å². The van der Waals surface area contributed by atoms with Gasteiger partial charge in [0.1, 0.15) is 0 Å². The molecule has 2 aliphatic rings. The maximum atomic E-state index is 12.3. The Morgan fingerprint density at radius 3 is 2.21 bits per heavy atom. The molecular formula is C21H22O7. The summed E-state index contributed by atoms with van der Waals surface area (Å²) in [7, 11) is 4.55. The van der Waals surface area contributed by atoms with Gasteiger partial charge in [-0.1, -0.05) is 0 Å². The highest BCUT2D eigenvalue weighted by Gasteiger charge is 2.40. The molecule has 0 amide bonds. The predicted octanol–water partition coefficient (Wildman–Crippen LogP) is 2.68. The van der Waals surface area contributed by atoms with Crippen LogP contribution in [0.1, 0.15) is 11.1 Å². The number of rotatable bonds is 3. The van der Waals surface area contributed by atoms with Gasteiger partial charge in [-0.15, -0.1) is 0 Å². The first-order valence-corrected chi connectivity index (χ1v) is 9.02. The molecular weight excluding hydrogens is 364 g/mol. The summed E-state index contributed by atoms with van der Waals surface area (Å²) in [5.41, 5.74) is 2.94. The highest BCUT2D eigenvalue weighted by molar-refractivity contribution is 5.82. The second kappa shape index (κ2) is 6.82. The number of carbonyl (C=O) groups is 1. The van der Waals surface area contributed by atoms with E-state index in [0.717, 1.165) is 11.1 Å². The van der Waals surface area contributed by atoms with E-state index in [1.807, 2.05) is 12.1 Å². The number of phenols is 2. The third-order valence-electron chi connectivity index (χ3n) is 5.68. The van der Waals surface area contributed by atoms with Gasteiger partial charge in [-0.05, 0) is 47.7 Å².